The second kappa shape index (κ2) is 12.7. The maximum atomic E-state index is 13.4. The van der Waals surface area contributed by atoms with Gasteiger partial charge in [0.15, 0.2) is 0 Å². The van der Waals surface area contributed by atoms with E-state index < -0.39 is 0 Å². The first-order valence-electron chi connectivity index (χ1n) is 14.0. The van der Waals surface area contributed by atoms with E-state index in [4.69, 9.17) is 9.84 Å². The first-order valence-corrected chi connectivity index (χ1v) is 14.0. The van der Waals surface area contributed by atoms with E-state index in [9.17, 15) is 14.9 Å². The second-order valence-electron chi connectivity index (χ2n) is 10.6. The molecule has 10 nitrogen and oxygen atoms in total. The van der Waals surface area contributed by atoms with E-state index in [1.54, 1.807) is 40.6 Å². The fraction of sp³-hybridized carbons (Fsp3) is 0.533. The minimum absolute atomic E-state index is 0.00583. The van der Waals surface area contributed by atoms with Crippen LogP contribution in [0.25, 0.3) is 11.0 Å². The van der Waals surface area contributed by atoms with E-state index in [-0.39, 0.29) is 36.1 Å². The van der Waals surface area contributed by atoms with Gasteiger partial charge in [-0.1, -0.05) is 32.0 Å². The molecule has 0 N–H and O–H groups in total. The molecule has 0 spiro atoms. The number of fused-ring (bicyclic) bond motifs is 1. The van der Waals surface area contributed by atoms with E-state index >= 15 is 0 Å². The second-order valence-corrected chi connectivity index (χ2v) is 10.6. The molecule has 0 radical (unpaired) electrons. The lowest BCUT2D eigenvalue weighted by atomic mass is 9.94. The molecule has 1 fully saturated rings. The summed E-state index contributed by atoms with van der Waals surface area (Å²) in [5, 5.41) is 13.9. The van der Waals surface area contributed by atoms with Gasteiger partial charge in [-0.05, 0) is 31.4 Å². The van der Waals surface area contributed by atoms with Crippen LogP contribution in [0.1, 0.15) is 55.6 Å². The summed E-state index contributed by atoms with van der Waals surface area (Å²) in [6.07, 6.45) is 3.57. The molecular formula is C30H41N7O3. The number of aryl methyl sites for hydroxylation is 1. The summed E-state index contributed by atoms with van der Waals surface area (Å²) in [4.78, 5) is 32.9. The third-order valence-electron chi connectivity index (χ3n) is 8.28. The summed E-state index contributed by atoms with van der Waals surface area (Å²) in [5.74, 6) is -0.00583. The van der Waals surface area contributed by atoms with Crippen molar-refractivity contribution in [3.05, 3.63) is 58.0 Å². The molecule has 214 valence electrons. The molecule has 2 aromatic heterocycles. The number of hydrogen-bond donors (Lipinski definition) is 0. The van der Waals surface area contributed by atoms with Gasteiger partial charge in [-0.25, -0.2) is 0 Å². The highest BCUT2D eigenvalue weighted by atomic mass is 16.5. The number of methoxy groups -OCH3 is 1. The lowest BCUT2D eigenvalue weighted by molar-refractivity contribution is 0.0731. The van der Waals surface area contributed by atoms with Gasteiger partial charge < -0.3 is 19.1 Å². The minimum atomic E-state index is -0.0947. The van der Waals surface area contributed by atoms with Gasteiger partial charge in [0, 0.05) is 70.6 Å². The molecule has 3 atom stereocenters. The molecule has 1 aliphatic heterocycles. The molecule has 1 unspecified atom stereocenters. The Balaban J connectivity index is 1.68. The van der Waals surface area contributed by atoms with Crippen molar-refractivity contribution < 1.29 is 9.53 Å². The number of pyridine rings is 1. The van der Waals surface area contributed by atoms with E-state index in [0.29, 0.717) is 13.2 Å². The maximum Gasteiger partial charge on any atom is 0.254 e. The standard InChI is InChI=1S/C30H41N7O3/c1-7-22-19-37(26-17-28(38)34(5)27-20-35(14-13-31)32-29(26)27)23(8-2)18-36(22)21(3)24-11-9-10-12-25(24)30(39)33(4)15-16-40-6/h9-12,17,20-23H,7-8,14-16,18-19H2,1-6H3/t21?,22-,23+/m1/s1. The molecule has 0 saturated carbocycles. The van der Waals surface area contributed by atoms with Gasteiger partial charge in [0.1, 0.15) is 12.1 Å². The third kappa shape index (κ3) is 5.62. The largest absolute Gasteiger partial charge is 0.383 e. The minimum Gasteiger partial charge on any atom is -0.383 e. The normalized spacial score (nSPS) is 18.6. The van der Waals surface area contributed by atoms with Crippen molar-refractivity contribution in [2.45, 2.75) is 58.3 Å². The summed E-state index contributed by atoms with van der Waals surface area (Å²) in [7, 11) is 5.19. The number of anilines is 1. The Hall–Kier alpha value is -3.68. The van der Waals surface area contributed by atoms with Crippen LogP contribution in [-0.2, 0) is 18.3 Å². The Morgan fingerprint density at radius 3 is 2.62 bits per heavy atom. The Morgan fingerprint density at radius 2 is 1.95 bits per heavy atom. The van der Waals surface area contributed by atoms with Gasteiger partial charge in [0.05, 0.1) is 30.1 Å². The van der Waals surface area contributed by atoms with Crippen LogP contribution in [0.4, 0.5) is 5.69 Å². The molecule has 0 aliphatic carbocycles. The number of likely N-dealkylation sites (N-methyl/N-ethyl adjacent to an activating group) is 1. The molecule has 40 heavy (non-hydrogen) atoms. The SMILES string of the molecule is CC[C@H]1CN(C(C)c2ccccc2C(=O)N(C)CCOC)[C@H](CC)CN1c1cc(=O)n(C)c2cn(CC#N)nc12. The number of nitriles is 1. The Labute approximate surface area is 236 Å². The molecule has 4 rings (SSSR count). The molecular weight excluding hydrogens is 506 g/mol. The van der Waals surface area contributed by atoms with Crippen molar-refractivity contribution in [3.63, 3.8) is 0 Å². The van der Waals surface area contributed by atoms with Crippen molar-refractivity contribution >= 4 is 22.6 Å². The first-order chi connectivity index (χ1) is 19.2. The highest BCUT2D eigenvalue weighted by Crippen LogP contribution is 2.35. The molecule has 1 aromatic carbocycles. The van der Waals surface area contributed by atoms with Crippen LogP contribution in [0.15, 0.2) is 41.3 Å². The Kier molecular flexibility index (Phi) is 9.28. The number of amides is 1. The topological polar surface area (TPSA) is 99.6 Å². The smallest absolute Gasteiger partial charge is 0.254 e. The highest BCUT2D eigenvalue weighted by Gasteiger charge is 2.37. The highest BCUT2D eigenvalue weighted by molar-refractivity contribution is 5.95. The van der Waals surface area contributed by atoms with Gasteiger partial charge in [0.2, 0.25) is 0 Å². The van der Waals surface area contributed by atoms with Crippen molar-refractivity contribution in [2.75, 3.05) is 45.3 Å². The van der Waals surface area contributed by atoms with E-state index in [2.05, 4.69) is 42.7 Å². The van der Waals surface area contributed by atoms with Crippen molar-refractivity contribution in [1.82, 2.24) is 24.1 Å². The van der Waals surface area contributed by atoms with Crippen LogP contribution in [0.3, 0.4) is 0 Å². The number of benzene rings is 1. The molecule has 1 aliphatic rings. The van der Waals surface area contributed by atoms with E-state index in [1.165, 1.54) is 0 Å². The maximum absolute atomic E-state index is 13.4. The Bertz CT molecular complexity index is 1440. The van der Waals surface area contributed by atoms with Gasteiger partial charge >= 0.3 is 0 Å². The Morgan fingerprint density at radius 1 is 1.23 bits per heavy atom. The zero-order valence-corrected chi connectivity index (χ0v) is 24.5. The summed E-state index contributed by atoms with van der Waals surface area (Å²) in [6.45, 7) is 9.20. The van der Waals surface area contributed by atoms with Crippen molar-refractivity contribution in [1.29, 1.82) is 5.26 Å². The molecule has 0 bridgehead atoms. The van der Waals surface area contributed by atoms with Crippen LogP contribution in [-0.4, -0.2) is 82.5 Å². The number of nitrogens with zero attached hydrogens (tertiary/aromatic N) is 7. The fourth-order valence-electron chi connectivity index (χ4n) is 5.84. The zero-order chi connectivity index (χ0) is 29.0. The van der Waals surface area contributed by atoms with Crippen molar-refractivity contribution in [3.8, 4) is 6.07 Å². The summed E-state index contributed by atoms with van der Waals surface area (Å²) >= 11 is 0. The van der Waals surface area contributed by atoms with Crippen LogP contribution in [0.5, 0.6) is 0 Å². The molecule has 3 aromatic rings. The van der Waals surface area contributed by atoms with Gasteiger partial charge in [-0.15, -0.1) is 0 Å². The quantitative estimate of drug-likeness (QED) is 0.384. The molecule has 10 heteroatoms. The molecule has 1 amide bonds. The average molecular weight is 548 g/mol. The predicted molar refractivity (Wildman–Crippen MR) is 156 cm³/mol. The number of carbonyl (C=O) groups is 1. The molecule has 1 saturated heterocycles. The van der Waals surface area contributed by atoms with Crippen LogP contribution in [0.2, 0.25) is 0 Å². The van der Waals surface area contributed by atoms with Crippen LogP contribution in [0, 0.1) is 11.3 Å². The third-order valence-corrected chi connectivity index (χ3v) is 8.28. The van der Waals surface area contributed by atoms with Gasteiger partial charge in [-0.3, -0.25) is 19.2 Å². The lowest BCUT2D eigenvalue weighted by Gasteiger charge is -2.49. The lowest BCUT2D eigenvalue weighted by Crippen LogP contribution is -2.59. The average Bonchev–Trinajstić information content (AvgIpc) is 3.40. The number of piperazine rings is 1. The van der Waals surface area contributed by atoms with Gasteiger partial charge in [0.25, 0.3) is 11.5 Å². The van der Waals surface area contributed by atoms with Gasteiger partial charge in [-0.2, -0.15) is 10.4 Å². The first kappa shape index (κ1) is 29.3. The summed E-state index contributed by atoms with van der Waals surface area (Å²) in [5.41, 5.74) is 3.93. The number of carbonyl (C=O) groups excluding carboxylic acids is 1. The number of aromatic nitrogens is 3. The zero-order valence-electron chi connectivity index (χ0n) is 24.5. The number of ether oxygens (including phenoxy) is 1. The number of rotatable bonds is 10. The number of hydrogen-bond acceptors (Lipinski definition) is 7. The predicted octanol–water partition coefficient (Wildman–Crippen LogP) is 3.42. The fourth-order valence-corrected chi connectivity index (χ4v) is 5.84. The van der Waals surface area contributed by atoms with Crippen LogP contribution < -0.4 is 10.5 Å². The van der Waals surface area contributed by atoms with E-state index in [1.807, 2.05) is 25.2 Å². The van der Waals surface area contributed by atoms with Crippen molar-refractivity contribution in [2.24, 2.45) is 7.05 Å². The summed E-state index contributed by atoms with van der Waals surface area (Å²) < 4.78 is 8.37. The molecule has 3 heterocycles. The van der Waals surface area contributed by atoms with Crippen LogP contribution >= 0.6 is 0 Å². The summed E-state index contributed by atoms with van der Waals surface area (Å²) in [6, 6.07) is 12.1. The van der Waals surface area contributed by atoms with E-state index in [0.717, 1.165) is 53.8 Å². The monoisotopic (exact) mass is 547 g/mol.